The molecule has 0 spiro atoms. The number of hydrogen-bond donors (Lipinski definition) is 0. The molecule has 0 saturated carbocycles. The van der Waals surface area contributed by atoms with E-state index in [1.54, 1.807) is 7.11 Å². The second kappa shape index (κ2) is 8.55. The van der Waals surface area contributed by atoms with E-state index in [9.17, 15) is 4.79 Å². The maximum Gasteiger partial charge on any atom is 0.278 e. The zero-order valence-corrected chi connectivity index (χ0v) is 18.0. The Balaban J connectivity index is 1.72. The molecule has 158 valence electrons. The first-order chi connectivity index (χ1) is 15.0. The van der Waals surface area contributed by atoms with Crippen molar-refractivity contribution in [1.29, 1.82) is 0 Å². The van der Waals surface area contributed by atoms with Crippen molar-refractivity contribution in [3.8, 4) is 40.0 Å². The van der Waals surface area contributed by atoms with E-state index in [4.69, 9.17) is 9.26 Å². The number of ether oxygens (including phenoxy) is 1. The number of hydrogen-bond acceptors (Lipinski definition) is 6. The number of aromatic nitrogens is 4. The summed E-state index contributed by atoms with van der Waals surface area (Å²) in [4.78, 5) is 15.5. The molecular formula is C24H24N4O3. The normalized spacial score (nSPS) is 11.0. The van der Waals surface area contributed by atoms with E-state index in [-0.39, 0.29) is 0 Å². The Morgan fingerprint density at radius 1 is 1.13 bits per heavy atom. The third kappa shape index (κ3) is 3.86. The van der Waals surface area contributed by atoms with Crippen molar-refractivity contribution in [1.82, 2.24) is 19.9 Å². The first-order valence-corrected chi connectivity index (χ1v) is 10.1. The molecule has 0 aliphatic rings. The van der Waals surface area contributed by atoms with Gasteiger partial charge in [-0.2, -0.15) is 10.1 Å². The number of aryl methyl sites for hydroxylation is 3. The van der Waals surface area contributed by atoms with Crippen molar-refractivity contribution in [2.24, 2.45) is 0 Å². The van der Waals surface area contributed by atoms with Gasteiger partial charge in [0.25, 0.3) is 5.89 Å². The molecule has 0 fully saturated rings. The first kappa shape index (κ1) is 20.5. The molecule has 2 heterocycles. The van der Waals surface area contributed by atoms with Crippen LogP contribution in [0.25, 0.3) is 34.2 Å². The third-order valence-electron chi connectivity index (χ3n) is 5.35. The summed E-state index contributed by atoms with van der Waals surface area (Å²) in [5.74, 6) is 1.62. The number of nitrogens with zero attached hydrogens (tertiary/aromatic N) is 4. The van der Waals surface area contributed by atoms with Gasteiger partial charge in [0.05, 0.1) is 12.8 Å². The summed E-state index contributed by atoms with van der Waals surface area (Å²) in [5.41, 5.74) is 6.41. The minimum absolute atomic E-state index is 0.352. The average Bonchev–Trinajstić information content (AvgIpc) is 3.43. The van der Waals surface area contributed by atoms with Crippen LogP contribution in [0.15, 0.2) is 47.0 Å². The van der Waals surface area contributed by atoms with E-state index < -0.39 is 0 Å². The molecule has 2 aromatic carbocycles. The van der Waals surface area contributed by atoms with Crippen molar-refractivity contribution in [2.75, 3.05) is 7.11 Å². The fourth-order valence-corrected chi connectivity index (χ4v) is 3.81. The van der Waals surface area contributed by atoms with Crippen LogP contribution >= 0.6 is 0 Å². The van der Waals surface area contributed by atoms with Crippen LogP contribution in [-0.4, -0.2) is 33.3 Å². The van der Waals surface area contributed by atoms with Crippen LogP contribution in [0.2, 0.25) is 0 Å². The molecule has 0 aliphatic carbocycles. The minimum atomic E-state index is 0.352. The molecule has 7 nitrogen and oxygen atoms in total. The van der Waals surface area contributed by atoms with Crippen molar-refractivity contribution >= 4 is 6.29 Å². The highest BCUT2D eigenvalue weighted by molar-refractivity contribution is 5.71. The van der Waals surface area contributed by atoms with Gasteiger partial charge in [0, 0.05) is 24.1 Å². The predicted octanol–water partition coefficient (Wildman–Crippen LogP) is 4.65. The second-order valence-electron chi connectivity index (χ2n) is 7.31. The zero-order chi connectivity index (χ0) is 22.0. The van der Waals surface area contributed by atoms with Crippen LogP contribution in [0, 0.1) is 13.8 Å². The number of carbonyl (C=O) groups is 1. The van der Waals surface area contributed by atoms with E-state index >= 15 is 0 Å². The molecule has 31 heavy (non-hydrogen) atoms. The predicted molar refractivity (Wildman–Crippen MR) is 118 cm³/mol. The monoisotopic (exact) mass is 416 g/mol. The standard InChI is InChI=1S/C24H24N4O3/c1-5-28-21(19-8-6-7-9-22(19)30-4)14-20(26-28)24-25-23(27-31-24)17-12-15(2)18(10-11-29)16(3)13-17/h6-9,11-14H,5,10H2,1-4H3. The van der Waals surface area contributed by atoms with Crippen molar-refractivity contribution < 1.29 is 14.1 Å². The summed E-state index contributed by atoms with van der Waals surface area (Å²) < 4.78 is 12.9. The van der Waals surface area contributed by atoms with E-state index in [2.05, 4.69) is 15.2 Å². The van der Waals surface area contributed by atoms with Crippen molar-refractivity contribution in [3.05, 3.63) is 59.2 Å². The minimum Gasteiger partial charge on any atom is -0.496 e. The second-order valence-corrected chi connectivity index (χ2v) is 7.31. The average molecular weight is 416 g/mol. The molecule has 0 atom stereocenters. The van der Waals surface area contributed by atoms with Crippen LogP contribution < -0.4 is 4.74 Å². The topological polar surface area (TPSA) is 83.0 Å². The lowest BCUT2D eigenvalue weighted by atomic mass is 9.97. The van der Waals surface area contributed by atoms with E-state index in [0.717, 1.165) is 45.5 Å². The lowest BCUT2D eigenvalue weighted by molar-refractivity contribution is -0.107. The molecule has 0 radical (unpaired) electrons. The van der Waals surface area contributed by atoms with E-state index in [1.807, 2.05) is 67.9 Å². The zero-order valence-electron chi connectivity index (χ0n) is 18.0. The summed E-state index contributed by atoms with van der Waals surface area (Å²) in [5, 5.41) is 8.82. The van der Waals surface area contributed by atoms with Gasteiger partial charge in [-0.15, -0.1) is 0 Å². The number of carbonyl (C=O) groups excluding carboxylic acids is 1. The van der Waals surface area contributed by atoms with Crippen molar-refractivity contribution in [2.45, 2.75) is 33.7 Å². The number of para-hydroxylation sites is 1. The van der Waals surface area contributed by atoms with E-state index in [0.29, 0.717) is 30.4 Å². The van der Waals surface area contributed by atoms with Crippen LogP contribution in [0.5, 0.6) is 5.75 Å². The molecule has 0 saturated heterocycles. The van der Waals surface area contributed by atoms with Crippen LogP contribution in [0.1, 0.15) is 23.6 Å². The summed E-state index contributed by atoms with van der Waals surface area (Å²) in [6.45, 7) is 6.68. The van der Waals surface area contributed by atoms with Gasteiger partial charge in [0.1, 0.15) is 12.0 Å². The number of benzene rings is 2. The third-order valence-corrected chi connectivity index (χ3v) is 5.35. The smallest absolute Gasteiger partial charge is 0.278 e. The summed E-state index contributed by atoms with van der Waals surface area (Å²) in [7, 11) is 1.65. The molecule has 0 N–H and O–H groups in total. The largest absolute Gasteiger partial charge is 0.496 e. The molecule has 4 rings (SSSR count). The van der Waals surface area contributed by atoms with Gasteiger partial charge in [-0.05, 0) is 67.8 Å². The Bertz CT molecular complexity index is 1220. The number of aldehydes is 1. The number of methoxy groups -OCH3 is 1. The summed E-state index contributed by atoms with van der Waals surface area (Å²) >= 11 is 0. The molecule has 0 bridgehead atoms. The Hall–Kier alpha value is -3.74. The SMILES string of the molecule is CCn1nc(-c2nc(-c3cc(C)c(CC=O)c(C)c3)no2)cc1-c1ccccc1OC. The molecule has 0 unspecified atom stereocenters. The van der Waals surface area contributed by atoms with Gasteiger partial charge >= 0.3 is 0 Å². The van der Waals surface area contributed by atoms with Gasteiger partial charge in [-0.1, -0.05) is 17.3 Å². The lowest BCUT2D eigenvalue weighted by Gasteiger charge is -2.09. The fraction of sp³-hybridized carbons (Fsp3) is 0.250. The van der Waals surface area contributed by atoms with Gasteiger partial charge in [-0.25, -0.2) is 0 Å². The fourth-order valence-electron chi connectivity index (χ4n) is 3.81. The van der Waals surface area contributed by atoms with Gasteiger partial charge in [-0.3, -0.25) is 4.68 Å². The Morgan fingerprint density at radius 3 is 2.55 bits per heavy atom. The van der Waals surface area contributed by atoms with Gasteiger partial charge < -0.3 is 14.1 Å². The van der Waals surface area contributed by atoms with Crippen molar-refractivity contribution in [3.63, 3.8) is 0 Å². The van der Waals surface area contributed by atoms with Gasteiger partial charge in [0.15, 0.2) is 5.69 Å². The first-order valence-electron chi connectivity index (χ1n) is 10.1. The van der Waals surface area contributed by atoms with Crippen LogP contribution in [0.3, 0.4) is 0 Å². The molecular weight excluding hydrogens is 392 g/mol. The van der Waals surface area contributed by atoms with Crippen LogP contribution in [-0.2, 0) is 17.8 Å². The molecule has 7 heteroatoms. The van der Waals surface area contributed by atoms with Crippen LogP contribution in [0.4, 0.5) is 0 Å². The molecule has 0 aliphatic heterocycles. The highest BCUT2D eigenvalue weighted by Crippen LogP contribution is 2.33. The van der Waals surface area contributed by atoms with E-state index in [1.165, 1.54) is 0 Å². The highest BCUT2D eigenvalue weighted by atomic mass is 16.5. The summed E-state index contributed by atoms with van der Waals surface area (Å²) in [6, 6.07) is 13.7. The highest BCUT2D eigenvalue weighted by Gasteiger charge is 2.19. The maximum absolute atomic E-state index is 10.9. The Morgan fingerprint density at radius 2 is 1.87 bits per heavy atom. The summed E-state index contributed by atoms with van der Waals surface area (Å²) in [6.07, 6.45) is 1.32. The quantitative estimate of drug-likeness (QED) is 0.408. The molecule has 4 aromatic rings. The lowest BCUT2D eigenvalue weighted by Crippen LogP contribution is -2.00. The maximum atomic E-state index is 10.9. The molecule has 2 aromatic heterocycles. The molecule has 0 amide bonds. The number of rotatable bonds is 7. The Kier molecular flexibility index (Phi) is 5.66. The Labute approximate surface area is 180 Å². The van der Waals surface area contributed by atoms with Gasteiger partial charge in [0.2, 0.25) is 5.82 Å².